The van der Waals surface area contributed by atoms with Crippen LogP contribution in [0.3, 0.4) is 0 Å². The van der Waals surface area contributed by atoms with Gasteiger partial charge in [-0.1, -0.05) is 29.8 Å². The van der Waals surface area contributed by atoms with E-state index in [2.05, 4.69) is 16.0 Å². The number of carbonyl (C=O) groups is 2. The van der Waals surface area contributed by atoms with Gasteiger partial charge >= 0.3 is 6.03 Å². The molecule has 108 valence electrons. The molecule has 0 spiro atoms. The van der Waals surface area contributed by atoms with Crippen molar-refractivity contribution in [1.82, 2.24) is 16.0 Å². The van der Waals surface area contributed by atoms with Gasteiger partial charge in [-0.25, -0.2) is 4.79 Å². The maximum atomic E-state index is 11.8. The Hall–Kier alpha value is -1.75. The molecule has 1 fully saturated rings. The maximum Gasteiger partial charge on any atom is 0.315 e. The Morgan fingerprint density at radius 2 is 2.15 bits per heavy atom. The molecule has 2 rings (SSSR count). The van der Waals surface area contributed by atoms with E-state index in [1.165, 1.54) is 0 Å². The van der Waals surface area contributed by atoms with Crippen molar-refractivity contribution in [1.29, 1.82) is 0 Å². The van der Waals surface area contributed by atoms with Crippen molar-refractivity contribution in [2.45, 2.75) is 31.8 Å². The Bertz CT molecular complexity index is 493. The molecule has 1 unspecified atom stereocenters. The van der Waals surface area contributed by atoms with Gasteiger partial charge in [0.1, 0.15) is 6.04 Å². The number of nitrogens with one attached hydrogen (secondary N) is 3. The number of halogens is 1. The zero-order valence-corrected chi connectivity index (χ0v) is 11.9. The second-order valence-electron chi connectivity index (χ2n) is 4.76. The Morgan fingerprint density at radius 3 is 2.95 bits per heavy atom. The van der Waals surface area contributed by atoms with Crippen molar-refractivity contribution in [3.05, 3.63) is 34.9 Å². The molecule has 3 N–H and O–H groups in total. The summed E-state index contributed by atoms with van der Waals surface area (Å²) in [6.07, 6.45) is 2.55. The molecule has 0 saturated carbocycles. The Kier molecular flexibility index (Phi) is 5.24. The first-order chi connectivity index (χ1) is 9.66. The molecule has 0 aromatic heterocycles. The maximum absolute atomic E-state index is 11.8. The van der Waals surface area contributed by atoms with Gasteiger partial charge in [0.05, 0.1) is 0 Å². The highest BCUT2D eigenvalue weighted by atomic mass is 35.5. The predicted octanol–water partition coefficient (Wildman–Crippen LogP) is 1.81. The summed E-state index contributed by atoms with van der Waals surface area (Å²) in [5.41, 5.74) is 0.842. The summed E-state index contributed by atoms with van der Waals surface area (Å²) in [5.74, 6) is -0.115. The van der Waals surface area contributed by atoms with E-state index in [4.69, 9.17) is 11.6 Å². The van der Waals surface area contributed by atoms with E-state index in [1.54, 1.807) is 6.07 Å². The van der Waals surface area contributed by atoms with Crippen LogP contribution in [-0.2, 0) is 11.3 Å². The summed E-state index contributed by atoms with van der Waals surface area (Å²) in [4.78, 5) is 23.5. The third-order valence-corrected chi connectivity index (χ3v) is 3.61. The number of rotatable bonds is 3. The minimum atomic E-state index is -0.455. The third kappa shape index (κ3) is 4.13. The molecule has 1 aromatic carbocycles. The van der Waals surface area contributed by atoms with Crippen LogP contribution in [0.2, 0.25) is 5.02 Å². The average molecular weight is 296 g/mol. The Labute approximate surface area is 123 Å². The van der Waals surface area contributed by atoms with E-state index < -0.39 is 6.04 Å². The van der Waals surface area contributed by atoms with E-state index in [0.29, 0.717) is 24.5 Å². The van der Waals surface area contributed by atoms with Gasteiger partial charge in [-0.05, 0) is 30.9 Å². The summed E-state index contributed by atoms with van der Waals surface area (Å²) >= 11 is 6.01. The first-order valence-electron chi connectivity index (χ1n) is 6.72. The molecule has 1 atom stereocenters. The van der Waals surface area contributed by atoms with Gasteiger partial charge in [0.25, 0.3) is 0 Å². The minimum absolute atomic E-state index is 0.115. The summed E-state index contributed by atoms with van der Waals surface area (Å²) < 4.78 is 0. The average Bonchev–Trinajstić information content (AvgIpc) is 2.63. The number of urea groups is 1. The molecule has 1 heterocycles. The van der Waals surface area contributed by atoms with Crippen molar-refractivity contribution in [2.75, 3.05) is 6.54 Å². The van der Waals surface area contributed by atoms with Crippen LogP contribution < -0.4 is 16.0 Å². The molecule has 1 saturated heterocycles. The summed E-state index contributed by atoms with van der Waals surface area (Å²) in [6, 6.07) is 6.51. The van der Waals surface area contributed by atoms with Crippen molar-refractivity contribution in [3.8, 4) is 0 Å². The topological polar surface area (TPSA) is 70.2 Å². The lowest BCUT2D eigenvalue weighted by molar-refractivity contribution is -0.122. The molecule has 3 amide bonds. The standard InChI is InChI=1S/C14H18ClN3O2/c15-11-6-2-1-5-10(11)9-17-14(20)18-12-7-3-4-8-16-13(12)19/h1-2,5-6,12H,3-4,7-9H2,(H,16,19)(H2,17,18,20). The fourth-order valence-corrected chi connectivity index (χ4v) is 2.31. The zero-order chi connectivity index (χ0) is 14.4. The molecule has 1 aromatic rings. The van der Waals surface area contributed by atoms with Gasteiger partial charge in [-0.3, -0.25) is 4.79 Å². The van der Waals surface area contributed by atoms with Crippen molar-refractivity contribution in [3.63, 3.8) is 0 Å². The molecule has 0 bridgehead atoms. The van der Waals surface area contributed by atoms with Crippen LogP contribution in [0.15, 0.2) is 24.3 Å². The SMILES string of the molecule is O=C(NCc1ccccc1Cl)NC1CCCCNC1=O. The highest BCUT2D eigenvalue weighted by molar-refractivity contribution is 6.31. The first-order valence-corrected chi connectivity index (χ1v) is 7.10. The number of hydrogen-bond acceptors (Lipinski definition) is 2. The van der Waals surface area contributed by atoms with Crippen LogP contribution in [0.1, 0.15) is 24.8 Å². The number of hydrogen-bond donors (Lipinski definition) is 3. The lowest BCUT2D eigenvalue weighted by Gasteiger charge is -2.16. The molecule has 1 aliphatic heterocycles. The minimum Gasteiger partial charge on any atom is -0.354 e. The molecule has 1 aliphatic rings. The van der Waals surface area contributed by atoms with Crippen molar-refractivity contribution < 1.29 is 9.59 Å². The van der Waals surface area contributed by atoms with E-state index in [9.17, 15) is 9.59 Å². The smallest absolute Gasteiger partial charge is 0.315 e. The highest BCUT2D eigenvalue weighted by Gasteiger charge is 2.22. The molecule has 6 heteroatoms. The predicted molar refractivity (Wildman–Crippen MR) is 77.5 cm³/mol. The van der Waals surface area contributed by atoms with Gasteiger partial charge in [-0.2, -0.15) is 0 Å². The molecular weight excluding hydrogens is 278 g/mol. The second-order valence-corrected chi connectivity index (χ2v) is 5.17. The summed E-state index contributed by atoms with van der Waals surface area (Å²) in [7, 11) is 0. The second kappa shape index (κ2) is 7.14. The van der Waals surface area contributed by atoms with Crippen LogP contribution in [-0.4, -0.2) is 24.5 Å². The normalized spacial score (nSPS) is 18.9. The van der Waals surface area contributed by atoms with Gasteiger partial charge in [0.2, 0.25) is 5.91 Å². The lowest BCUT2D eigenvalue weighted by Crippen LogP contribution is -2.48. The largest absolute Gasteiger partial charge is 0.354 e. The van der Waals surface area contributed by atoms with Crippen LogP contribution in [0, 0.1) is 0 Å². The number of amides is 3. The van der Waals surface area contributed by atoms with E-state index in [0.717, 1.165) is 18.4 Å². The Balaban J connectivity index is 1.83. The zero-order valence-electron chi connectivity index (χ0n) is 11.1. The van der Waals surface area contributed by atoms with Crippen molar-refractivity contribution >= 4 is 23.5 Å². The van der Waals surface area contributed by atoms with Gasteiger partial charge in [0, 0.05) is 18.1 Å². The summed E-state index contributed by atoms with van der Waals surface area (Å²) in [6.45, 7) is 1.01. The quantitative estimate of drug-likeness (QED) is 0.796. The van der Waals surface area contributed by atoms with Crippen LogP contribution >= 0.6 is 11.6 Å². The monoisotopic (exact) mass is 295 g/mol. The number of carbonyl (C=O) groups excluding carboxylic acids is 2. The van der Waals surface area contributed by atoms with E-state index in [-0.39, 0.29) is 11.9 Å². The Morgan fingerprint density at radius 1 is 1.35 bits per heavy atom. The van der Waals surface area contributed by atoms with Crippen LogP contribution in [0.25, 0.3) is 0 Å². The van der Waals surface area contributed by atoms with Gasteiger partial charge < -0.3 is 16.0 Å². The fraction of sp³-hybridized carbons (Fsp3) is 0.429. The number of benzene rings is 1. The first kappa shape index (κ1) is 14.7. The van der Waals surface area contributed by atoms with Crippen LogP contribution in [0.5, 0.6) is 0 Å². The molecule has 20 heavy (non-hydrogen) atoms. The fourth-order valence-electron chi connectivity index (χ4n) is 2.10. The van der Waals surface area contributed by atoms with Crippen LogP contribution in [0.4, 0.5) is 4.79 Å². The van der Waals surface area contributed by atoms with Gasteiger partial charge in [-0.15, -0.1) is 0 Å². The third-order valence-electron chi connectivity index (χ3n) is 3.24. The molecular formula is C14H18ClN3O2. The van der Waals surface area contributed by atoms with Crippen molar-refractivity contribution in [2.24, 2.45) is 0 Å². The molecule has 0 aliphatic carbocycles. The summed E-state index contributed by atoms with van der Waals surface area (Å²) in [5, 5.41) is 8.80. The molecule has 0 radical (unpaired) electrons. The molecule has 5 nitrogen and oxygen atoms in total. The van der Waals surface area contributed by atoms with E-state index >= 15 is 0 Å². The highest BCUT2D eigenvalue weighted by Crippen LogP contribution is 2.14. The lowest BCUT2D eigenvalue weighted by atomic mass is 10.1. The van der Waals surface area contributed by atoms with E-state index in [1.807, 2.05) is 18.2 Å². The van der Waals surface area contributed by atoms with Gasteiger partial charge in [0.15, 0.2) is 0 Å².